The third-order valence-electron chi connectivity index (χ3n) is 7.59. The van der Waals surface area contributed by atoms with E-state index in [1.165, 1.54) is 0 Å². The highest BCUT2D eigenvalue weighted by Gasteiger charge is 2.77. The fraction of sp³-hybridized carbons (Fsp3) is 0.741. The van der Waals surface area contributed by atoms with Crippen molar-refractivity contribution in [1.29, 1.82) is 0 Å². The molecule has 3 fully saturated rings. The van der Waals surface area contributed by atoms with E-state index < -0.39 is 41.6 Å². The predicted octanol–water partition coefficient (Wildman–Crippen LogP) is 3.08. The van der Waals surface area contributed by atoms with Crippen LogP contribution in [-0.4, -0.2) is 87.6 Å². The molecule has 0 aromatic heterocycles. The molecule has 9 heteroatoms. The van der Waals surface area contributed by atoms with Crippen LogP contribution in [0.5, 0.6) is 0 Å². The van der Waals surface area contributed by atoms with Crippen molar-refractivity contribution in [3.8, 4) is 0 Å². The number of esters is 1. The number of aliphatic hydroxyl groups excluding tert-OH is 1. The molecule has 2 amide bonds. The number of ether oxygens (including phenoxy) is 2. The molecule has 1 spiro atoms. The Balaban J connectivity index is 2.07. The third kappa shape index (κ3) is 5.16. The van der Waals surface area contributed by atoms with Crippen LogP contribution >= 0.6 is 15.9 Å². The smallest absolute Gasteiger partial charge is 0.312 e. The summed E-state index contributed by atoms with van der Waals surface area (Å²) in [6.07, 6.45) is 5.97. The molecule has 3 unspecified atom stereocenters. The molecule has 1 N–H and O–H groups in total. The van der Waals surface area contributed by atoms with Crippen molar-refractivity contribution >= 4 is 33.7 Å². The molecule has 3 aliphatic rings. The van der Waals surface area contributed by atoms with E-state index in [0.717, 1.165) is 12.8 Å². The van der Waals surface area contributed by atoms with Gasteiger partial charge in [0.2, 0.25) is 11.8 Å². The number of carbonyl (C=O) groups excluding carboxylic acids is 3. The first-order valence-electron chi connectivity index (χ1n) is 13.1. The Bertz CT molecular complexity index is 850. The van der Waals surface area contributed by atoms with Crippen molar-refractivity contribution in [1.82, 2.24) is 9.80 Å². The second kappa shape index (κ2) is 12.2. The number of fused-ring (bicyclic) bond motifs is 1. The Labute approximate surface area is 223 Å². The van der Waals surface area contributed by atoms with E-state index >= 15 is 0 Å². The lowest BCUT2D eigenvalue weighted by Crippen LogP contribution is -2.59. The van der Waals surface area contributed by atoms with Gasteiger partial charge in [0.1, 0.15) is 11.6 Å². The minimum Gasteiger partial charge on any atom is -0.465 e. The SMILES string of the molecule is C=CCCOC(=O)[C@H]1[C@H]2C(=O)N([C@@H](CO)CC(C)C)C(C(=O)N(CC=C)CCCC)C23CC(Br)[C@@H]1O3. The third-order valence-corrected chi connectivity index (χ3v) is 8.43. The van der Waals surface area contributed by atoms with Crippen molar-refractivity contribution in [2.75, 3.05) is 26.3 Å². The number of nitrogens with zero attached hydrogens (tertiary/aromatic N) is 2. The van der Waals surface area contributed by atoms with Crippen LogP contribution in [0.25, 0.3) is 0 Å². The van der Waals surface area contributed by atoms with Crippen LogP contribution in [0, 0.1) is 17.8 Å². The van der Waals surface area contributed by atoms with Gasteiger partial charge in [-0.05, 0) is 31.6 Å². The van der Waals surface area contributed by atoms with Gasteiger partial charge in [-0.2, -0.15) is 0 Å². The zero-order chi connectivity index (χ0) is 26.6. The van der Waals surface area contributed by atoms with E-state index in [1.807, 2.05) is 13.8 Å². The van der Waals surface area contributed by atoms with Crippen molar-refractivity contribution in [3.05, 3.63) is 25.3 Å². The zero-order valence-corrected chi connectivity index (χ0v) is 23.3. The summed E-state index contributed by atoms with van der Waals surface area (Å²) in [5.41, 5.74) is -1.16. The van der Waals surface area contributed by atoms with Gasteiger partial charge in [-0.1, -0.05) is 55.3 Å². The monoisotopic (exact) mass is 568 g/mol. The van der Waals surface area contributed by atoms with E-state index in [1.54, 1.807) is 22.0 Å². The first-order chi connectivity index (χ1) is 17.2. The lowest BCUT2D eigenvalue weighted by atomic mass is 9.70. The zero-order valence-electron chi connectivity index (χ0n) is 21.7. The number of aliphatic hydroxyl groups is 1. The first-order valence-corrected chi connectivity index (χ1v) is 14.0. The Hall–Kier alpha value is -1.71. The molecule has 0 aliphatic carbocycles. The highest BCUT2D eigenvalue weighted by atomic mass is 79.9. The highest BCUT2D eigenvalue weighted by molar-refractivity contribution is 9.09. The molecule has 36 heavy (non-hydrogen) atoms. The number of likely N-dealkylation sites (tertiary alicyclic amines) is 1. The molecular weight excluding hydrogens is 528 g/mol. The topological polar surface area (TPSA) is 96.4 Å². The molecular formula is C27H41BrN2O6. The average Bonchev–Trinajstić information content (AvgIpc) is 3.43. The van der Waals surface area contributed by atoms with Gasteiger partial charge in [-0.25, -0.2) is 0 Å². The maximum Gasteiger partial charge on any atom is 0.312 e. The maximum absolute atomic E-state index is 14.2. The summed E-state index contributed by atoms with van der Waals surface area (Å²) >= 11 is 3.67. The van der Waals surface area contributed by atoms with Crippen molar-refractivity contribution < 1.29 is 29.0 Å². The molecule has 3 rings (SSSR count). The summed E-state index contributed by atoms with van der Waals surface area (Å²) in [6, 6.07) is -1.49. The van der Waals surface area contributed by atoms with Gasteiger partial charge in [0, 0.05) is 17.9 Å². The highest BCUT2D eigenvalue weighted by Crippen LogP contribution is 2.60. The van der Waals surface area contributed by atoms with Crippen molar-refractivity contribution in [3.63, 3.8) is 0 Å². The summed E-state index contributed by atoms with van der Waals surface area (Å²) in [5, 5.41) is 10.4. The van der Waals surface area contributed by atoms with Crippen molar-refractivity contribution in [2.24, 2.45) is 17.8 Å². The fourth-order valence-electron chi connectivity index (χ4n) is 6.14. The van der Waals surface area contributed by atoms with Crippen LogP contribution in [-0.2, 0) is 23.9 Å². The summed E-state index contributed by atoms with van der Waals surface area (Å²) < 4.78 is 12.0. The lowest BCUT2D eigenvalue weighted by molar-refractivity contribution is -0.156. The van der Waals surface area contributed by atoms with Gasteiger partial charge in [0.15, 0.2) is 0 Å². The molecule has 3 saturated heterocycles. The van der Waals surface area contributed by atoms with Crippen LogP contribution in [0.4, 0.5) is 0 Å². The minimum absolute atomic E-state index is 0.176. The van der Waals surface area contributed by atoms with Crippen LogP contribution in [0.1, 0.15) is 52.9 Å². The normalized spacial score (nSPS) is 31.4. The van der Waals surface area contributed by atoms with Gasteiger partial charge >= 0.3 is 5.97 Å². The Morgan fingerprint density at radius 1 is 1.36 bits per heavy atom. The molecule has 3 heterocycles. The standard InChI is InChI=1S/C27H41BrN2O6/c1-6-9-12-29(11-8-3)25(33)23-27-15-19(28)22(36-27)20(26(34)35-13-10-7-2)21(27)24(32)30(23)18(16-31)14-17(4)5/h7-8,17-23,31H,2-3,6,9-16H2,1,4-5H3/t18-,19?,20+,21+,22+,23?,27?/m1/s1. The number of hydrogen-bond acceptors (Lipinski definition) is 6. The van der Waals surface area contributed by atoms with Crippen molar-refractivity contribution in [2.45, 2.75) is 81.5 Å². The fourth-order valence-corrected chi connectivity index (χ4v) is 7.08. The number of amides is 2. The Kier molecular flexibility index (Phi) is 9.80. The second-order valence-corrected chi connectivity index (χ2v) is 11.7. The molecule has 0 saturated carbocycles. The number of alkyl halides is 1. The van der Waals surface area contributed by atoms with Crippen LogP contribution in [0.3, 0.4) is 0 Å². The minimum atomic E-state index is -1.16. The first kappa shape index (κ1) is 28.9. The molecule has 2 bridgehead atoms. The van der Waals surface area contributed by atoms with Gasteiger partial charge in [-0.15, -0.1) is 13.2 Å². The maximum atomic E-state index is 14.2. The Morgan fingerprint density at radius 3 is 2.67 bits per heavy atom. The van der Waals surface area contributed by atoms with E-state index in [9.17, 15) is 19.5 Å². The van der Waals surface area contributed by atoms with E-state index in [-0.39, 0.29) is 35.8 Å². The summed E-state index contributed by atoms with van der Waals surface area (Å²) in [5.74, 6) is -2.48. The molecule has 7 atom stereocenters. The largest absolute Gasteiger partial charge is 0.465 e. The average molecular weight is 570 g/mol. The van der Waals surface area contributed by atoms with Gasteiger partial charge < -0.3 is 24.4 Å². The predicted molar refractivity (Wildman–Crippen MR) is 140 cm³/mol. The number of carbonyl (C=O) groups is 3. The molecule has 202 valence electrons. The van der Waals surface area contributed by atoms with E-state index in [2.05, 4.69) is 36.0 Å². The van der Waals surface area contributed by atoms with E-state index in [4.69, 9.17) is 9.47 Å². The molecule has 0 aromatic carbocycles. The lowest BCUT2D eigenvalue weighted by Gasteiger charge is -2.39. The number of halogens is 1. The molecule has 0 radical (unpaired) electrons. The van der Waals surface area contributed by atoms with Gasteiger partial charge in [0.05, 0.1) is 37.2 Å². The summed E-state index contributed by atoms with van der Waals surface area (Å²) in [7, 11) is 0. The molecule has 3 aliphatic heterocycles. The quantitative estimate of drug-likeness (QED) is 0.150. The van der Waals surface area contributed by atoms with E-state index in [0.29, 0.717) is 32.4 Å². The molecule has 0 aromatic rings. The second-order valence-electron chi connectivity index (χ2n) is 10.5. The van der Waals surface area contributed by atoms with Gasteiger partial charge in [0.25, 0.3) is 0 Å². The van der Waals surface area contributed by atoms with Crippen LogP contribution < -0.4 is 0 Å². The van der Waals surface area contributed by atoms with Gasteiger partial charge in [-0.3, -0.25) is 14.4 Å². The summed E-state index contributed by atoms with van der Waals surface area (Å²) in [6.45, 7) is 14.3. The Morgan fingerprint density at radius 2 is 2.08 bits per heavy atom. The number of rotatable bonds is 14. The number of hydrogen-bond donors (Lipinski definition) is 1. The van der Waals surface area contributed by atoms with Crippen LogP contribution in [0.15, 0.2) is 25.3 Å². The molecule has 8 nitrogen and oxygen atoms in total. The summed E-state index contributed by atoms with van der Waals surface area (Å²) in [4.78, 5) is 44.6. The van der Waals surface area contributed by atoms with Crippen LogP contribution in [0.2, 0.25) is 0 Å². The number of unbranched alkanes of at least 4 members (excludes halogenated alkanes) is 1.